The largest absolute Gasteiger partial charge is 0.430 e. The second kappa shape index (κ2) is 2.87. The Kier molecular flexibility index (Phi) is 1.70. The van der Waals surface area contributed by atoms with Gasteiger partial charge in [-0.25, -0.2) is 9.59 Å². The van der Waals surface area contributed by atoms with E-state index in [-0.39, 0.29) is 11.8 Å². The number of carbonyl (C=O) groups is 1. The van der Waals surface area contributed by atoms with E-state index < -0.39 is 17.2 Å². The minimum atomic E-state index is -1.21. The molecule has 72 valence electrons. The van der Waals surface area contributed by atoms with Gasteiger partial charge < -0.3 is 13.6 Å². The van der Waals surface area contributed by atoms with Gasteiger partial charge in [-0.15, -0.1) is 0 Å². The zero-order chi connectivity index (χ0) is 10.1. The maximum atomic E-state index is 10.9. The zero-order valence-corrected chi connectivity index (χ0v) is 6.60. The summed E-state index contributed by atoms with van der Waals surface area (Å²) >= 11 is 0. The summed E-state index contributed by atoms with van der Waals surface area (Å²) < 4.78 is 13.5. The van der Waals surface area contributed by atoms with E-state index in [0.717, 1.165) is 12.3 Å². The Morgan fingerprint density at radius 2 is 1.79 bits per heavy atom. The molecule has 2 heterocycles. The van der Waals surface area contributed by atoms with Gasteiger partial charge in [0.2, 0.25) is 0 Å². The number of hydrogen-bond donors (Lipinski definition) is 1. The maximum absolute atomic E-state index is 10.9. The molecule has 0 unspecified atom stereocenters. The highest BCUT2D eigenvalue weighted by molar-refractivity contribution is 5.99. The van der Waals surface area contributed by atoms with Crippen LogP contribution in [0.3, 0.4) is 0 Å². The van der Waals surface area contributed by atoms with Crippen LogP contribution in [0.4, 0.5) is 5.88 Å². The average molecular weight is 197 g/mol. The predicted molar refractivity (Wildman–Crippen MR) is 41.9 cm³/mol. The third-order valence-electron chi connectivity index (χ3n) is 1.36. The molecule has 1 aliphatic heterocycles. The Balaban J connectivity index is 2.62. The molecule has 0 saturated heterocycles. The lowest BCUT2D eigenvalue weighted by Crippen LogP contribution is -2.22. The average Bonchev–Trinajstić information content (AvgIpc) is 2.28. The van der Waals surface area contributed by atoms with E-state index in [0.29, 0.717) is 0 Å². The summed E-state index contributed by atoms with van der Waals surface area (Å²) in [6.07, 6.45) is 2.05. The second-order valence-electron chi connectivity index (χ2n) is 2.31. The molecule has 0 atom stereocenters. The fourth-order valence-electron chi connectivity index (χ4n) is 0.814. The number of anilines is 1. The lowest BCUT2D eigenvalue weighted by Gasteiger charge is -1.99. The van der Waals surface area contributed by atoms with Crippen LogP contribution in [0.15, 0.2) is 30.8 Å². The topological polar surface area (TPSA) is 98.8 Å². The van der Waals surface area contributed by atoms with Crippen LogP contribution in [-0.2, 0) is 4.79 Å². The number of hydrogen-bond acceptors (Lipinski definition) is 6. The molecule has 0 fully saturated rings. The summed E-state index contributed by atoms with van der Waals surface area (Å²) in [5, 5.41) is 2.14. The van der Waals surface area contributed by atoms with Crippen molar-refractivity contribution < 1.29 is 18.4 Å². The molecule has 0 aromatic carbocycles. The van der Waals surface area contributed by atoms with Gasteiger partial charge in [-0.05, 0) is 0 Å². The molecular weight excluding hydrogens is 194 g/mol. The maximum Gasteiger partial charge on any atom is 0.425 e. The van der Waals surface area contributed by atoms with Crippen molar-refractivity contribution in [2.24, 2.45) is 0 Å². The third kappa shape index (κ3) is 1.30. The molecule has 0 spiro atoms. The standard InChI is InChI=1S/C7H3NO6/c9-3-1-2-12-7-4(8-3)13-5(10)6(11)14-7/h1-2H,(H,8,9). The van der Waals surface area contributed by atoms with E-state index in [1.165, 1.54) is 0 Å². The zero-order valence-electron chi connectivity index (χ0n) is 6.60. The second-order valence-corrected chi connectivity index (χ2v) is 2.31. The van der Waals surface area contributed by atoms with Gasteiger partial charge in [-0.2, -0.15) is 0 Å². The van der Waals surface area contributed by atoms with E-state index in [1.807, 2.05) is 0 Å². The number of amides is 1. The predicted octanol–water partition coefficient (Wildman–Crippen LogP) is -0.562. The van der Waals surface area contributed by atoms with Crippen molar-refractivity contribution in [1.82, 2.24) is 0 Å². The van der Waals surface area contributed by atoms with Gasteiger partial charge in [0, 0.05) is 6.08 Å². The van der Waals surface area contributed by atoms with Crippen LogP contribution < -0.4 is 21.3 Å². The SMILES string of the molecule is O=C1C=COc2oc(=O)c(=O)oc2N1. The van der Waals surface area contributed by atoms with Crippen molar-refractivity contribution in [1.29, 1.82) is 0 Å². The summed E-state index contributed by atoms with van der Waals surface area (Å²) in [5.74, 6) is -1.25. The summed E-state index contributed by atoms with van der Waals surface area (Å²) in [4.78, 5) is 32.3. The van der Waals surface area contributed by atoms with Crippen molar-refractivity contribution >= 4 is 11.8 Å². The highest BCUT2D eigenvalue weighted by atomic mass is 16.6. The quantitative estimate of drug-likeness (QED) is 0.559. The van der Waals surface area contributed by atoms with E-state index >= 15 is 0 Å². The fourth-order valence-corrected chi connectivity index (χ4v) is 0.814. The first kappa shape index (κ1) is 8.30. The van der Waals surface area contributed by atoms with Crippen LogP contribution in [0.5, 0.6) is 5.95 Å². The van der Waals surface area contributed by atoms with Crippen molar-refractivity contribution in [3.63, 3.8) is 0 Å². The molecular formula is C7H3NO6. The smallest absolute Gasteiger partial charge is 0.425 e. The summed E-state index contributed by atoms with van der Waals surface area (Å²) in [6.45, 7) is 0. The van der Waals surface area contributed by atoms with E-state index in [4.69, 9.17) is 4.74 Å². The first-order valence-corrected chi connectivity index (χ1v) is 3.49. The molecule has 7 heteroatoms. The van der Waals surface area contributed by atoms with Crippen LogP contribution in [0.2, 0.25) is 0 Å². The Hall–Kier alpha value is -2.31. The Morgan fingerprint density at radius 3 is 2.57 bits per heavy atom. The first-order valence-electron chi connectivity index (χ1n) is 3.49. The van der Waals surface area contributed by atoms with E-state index in [9.17, 15) is 14.4 Å². The highest BCUT2D eigenvalue weighted by Crippen LogP contribution is 2.22. The molecule has 7 nitrogen and oxygen atoms in total. The Morgan fingerprint density at radius 1 is 1.07 bits per heavy atom. The molecule has 1 aromatic heterocycles. The molecule has 14 heavy (non-hydrogen) atoms. The summed E-state index contributed by atoms with van der Waals surface area (Å²) in [5.41, 5.74) is -2.41. The Bertz CT molecular complexity index is 522. The lowest BCUT2D eigenvalue weighted by atomic mass is 10.6. The number of fused-ring (bicyclic) bond motifs is 1. The van der Waals surface area contributed by atoms with Gasteiger partial charge >= 0.3 is 17.2 Å². The van der Waals surface area contributed by atoms with Crippen molar-refractivity contribution in [2.75, 3.05) is 5.32 Å². The van der Waals surface area contributed by atoms with Crippen LogP contribution in [-0.4, -0.2) is 5.91 Å². The monoisotopic (exact) mass is 197 g/mol. The van der Waals surface area contributed by atoms with Crippen molar-refractivity contribution in [3.8, 4) is 5.95 Å². The summed E-state index contributed by atoms with van der Waals surface area (Å²) in [6, 6.07) is 0. The van der Waals surface area contributed by atoms with Crippen molar-refractivity contribution in [3.05, 3.63) is 33.2 Å². The molecule has 0 bridgehead atoms. The van der Waals surface area contributed by atoms with Gasteiger partial charge in [-0.3, -0.25) is 10.1 Å². The minimum Gasteiger partial charge on any atom is -0.430 e. The number of rotatable bonds is 0. The van der Waals surface area contributed by atoms with Gasteiger partial charge in [0.25, 0.3) is 11.8 Å². The van der Waals surface area contributed by atoms with Crippen molar-refractivity contribution in [2.45, 2.75) is 0 Å². The first-order chi connectivity index (χ1) is 6.66. The van der Waals surface area contributed by atoms with Crippen LogP contribution in [0, 0.1) is 0 Å². The molecule has 1 N–H and O–H groups in total. The molecule has 1 aromatic rings. The number of nitrogens with one attached hydrogen (secondary N) is 1. The van der Waals surface area contributed by atoms with Gasteiger partial charge in [0.15, 0.2) is 0 Å². The molecule has 0 saturated carbocycles. The normalized spacial score (nSPS) is 13.9. The highest BCUT2D eigenvalue weighted by Gasteiger charge is 2.17. The third-order valence-corrected chi connectivity index (χ3v) is 1.36. The molecule has 1 amide bonds. The van der Waals surface area contributed by atoms with Gasteiger partial charge in [0.05, 0.1) is 0 Å². The Labute approximate surface area is 75.6 Å². The van der Waals surface area contributed by atoms with Crippen LogP contribution in [0.25, 0.3) is 0 Å². The molecule has 2 rings (SSSR count). The fraction of sp³-hybridized carbons (Fsp3) is 0. The molecule has 0 aliphatic carbocycles. The van der Waals surface area contributed by atoms with Crippen LogP contribution >= 0.6 is 0 Å². The number of ether oxygens (including phenoxy) is 1. The minimum absolute atomic E-state index is 0.329. The van der Waals surface area contributed by atoms with E-state index in [1.54, 1.807) is 0 Å². The molecule has 0 radical (unpaired) electrons. The van der Waals surface area contributed by atoms with E-state index in [2.05, 4.69) is 14.2 Å². The summed E-state index contributed by atoms with van der Waals surface area (Å²) in [7, 11) is 0. The number of carbonyl (C=O) groups excluding carboxylic acids is 1. The molecule has 1 aliphatic rings. The lowest BCUT2D eigenvalue weighted by molar-refractivity contribution is -0.112. The van der Waals surface area contributed by atoms with Gasteiger partial charge in [0.1, 0.15) is 6.26 Å². The van der Waals surface area contributed by atoms with Gasteiger partial charge in [-0.1, -0.05) is 0 Å². The van der Waals surface area contributed by atoms with Crippen LogP contribution in [0.1, 0.15) is 0 Å².